The summed E-state index contributed by atoms with van der Waals surface area (Å²) in [6, 6.07) is 10.7. The third-order valence-corrected chi connectivity index (χ3v) is 8.53. The van der Waals surface area contributed by atoms with Gasteiger partial charge in [0.25, 0.3) is 0 Å². The summed E-state index contributed by atoms with van der Waals surface area (Å²) in [5.41, 5.74) is 2.33. The first-order chi connectivity index (χ1) is 19.1. The van der Waals surface area contributed by atoms with Crippen LogP contribution in [0.4, 0.5) is 5.69 Å². The van der Waals surface area contributed by atoms with Crippen molar-refractivity contribution >= 4 is 41.6 Å². The van der Waals surface area contributed by atoms with Gasteiger partial charge >= 0.3 is 7.12 Å². The fourth-order valence-corrected chi connectivity index (χ4v) is 6.71. The van der Waals surface area contributed by atoms with Crippen molar-refractivity contribution in [2.45, 2.75) is 25.7 Å². The summed E-state index contributed by atoms with van der Waals surface area (Å²) >= 11 is 0. The zero-order chi connectivity index (χ0) is 28.5. The summed E-state index contributed by atoms with van der Waals surface area (Å²) < 4.78 is 5.38. The number of hydrogen-bond donors (Lipinski definition) is 3. The van der Waals surface area contributed by atoms with Crippen LogP contribution in [0.1, 0.15) is 31.2 Å². The maximum Gasteiger partial charge on any atom is 0.488 e. The summed E-state index contributed by atoms with van der Waals surface area (Å²) in [7, 11) is -0.284. The Bertz CT molecular complexity index is 1600. The van der Waals surface area contributed by atoms with Crippen molar-refractivity contribution < 1.29 is 39.1 Å². The van der Waals surface area contributed by atoms with E-state index in [1.807, 2.05) is 6.08 Å². The number of fused-ring (bicyclic) bond motifs is 3. The highest BCUT2D eigenvalue weighted by molar-refractivity contribution is 6.58. The molecular formula is C30H26BNO8. The molecule has 1 heterocycles. The largest absolute Gasteiger partial charge is 0.508 e. The van der Waals surface area contributed by atoms with E-state index in [9.17, 15) is 34.3 Å². The molecule has 0 spiro atoms. The Hall–Kier alpha value is -4.28. The van der Waals surface area contributed by atoms with Gasteiger partial charge in [-0.3, -0.25) is 24.1 Å². The first kappa shape index (κ1) is 26.0. The molecule has 10 heteroatoms. The molecule has 202 valence electrons. The highest BCUT2D eigenvalue weighted by Gasteiger charge is 2.56. The van der Waals surface area contributed by atoms with Crippen molar-refractivity contribution in [1.29, 1.82) is 0 Å². The van der Waals surface area contributed by atoms with Crippen LogP contribution in [0.25, 0.3) is 0 Å². The molecule has 0 aromatic heterocycles. The molecule has 2 aromatic rings. The highest BCUT2D eigenvalue weighted by atomic mass is 16.5. The van der Waals surface area contributed by atoms with Gasteiger partial charge in [0.1, 0.15) is 11.5 Å². The number of imide groups is 1. The minimum atomic E-state index is -1.77. The van der Waals surface area contributed by atoms with Gasteiger partial charge < -0.3 is 19.9 Å². The van der Waals surface area contributed by atoms with Crippen molar-refractivity contribution in [2.24, 2.45) is 17.8 Å². The highest BCUT2D eigenvalue weighted by Crippen LogP contribution is 2.56. The van der Waals surface area contributed by atoms with Gasteiger partial charge in [0, 0.05) is 28.2 Å². The Balaban J connectivity index is 1.49. The van der Waals surface area contributed by atoms with Crippen LogP contribution in [0.3, 0.4) is 0 Å². The minimum absolute atomic E-state index is 0.0809. The quantitative estimate of drug-likeness (QED) is 0.231. The number of methoxy groups -OCH3 is 1. The molecule has 9 nitrogen and oxygen atoms in total. The summed E-state index contributed by atoms with van der Waals surface area (Å²) in [5.74, 6) is -3.94. The average molecular weight is 539 g/mol. The number of benzene rings is 2. The monoisotopic (exact) mass is 539 g/mol. The van der Waals surface area contributed by atoms with E-state index >= 15 is 0 Å². The lowest BCUT2D eigenvalue weighted by atomic mass is 9.59. The van der Waals surface area contributed by atoms with Crippen LogP contribution in [0.2, 0.25) is 0 Å². The number of allylic oxidation sites excluding steroid dienone is 6. The first-order valence-corrected chi connectivity index (χ1v) is 13.0. The van der Waals surface area contributed by atoms with Crippen molar-refractivity contribution in [3.8, 4) is 11.5 Å². The molecule has 0 saturated carbocycles. The van der Waals surface area contributed by atoms with E-state index in [-0.39, 0.29) is 46.9 Å². The topological polar surface area (TPSA) is 141 Å². The number of phenolic OH excluding ortho intramolecular Hbond substituents is 1. The van der Waals surface area contributed by atoms with Crippen molar-refractivity contribution in [3.05, 3.63) is 82.5 Å². The molecule has 3 N–H and O–H groups in total. The molecule has 0 unspecified atom stereocenters. The summed E-state index contributed by atoms with van der Waals surface area (Å²) in [4.78, 5) is 55.4. The number of Topliss-reactive ketones (excluding diaryl/α,β-unsaturated/α-hetero) is 1. The standard InChI is InChI=1S/C30H26BNO8/c1-14-10-24(34)27-22(28(14)35)13-20-18(25(27)21-12-17(40-2)6-9-23(21)33)7-8-19-26(20)30(37)32(29(19)36)16-5-3-4-15(11-16)31(38)39/h3-7,9-12,19-20,25-26,33,38-39H,8,13H2,1-2H3/t19-,20+,25+,26-/m0/s1. The van der Waals surface area contributed by atoms with Crippen molar-refractivity contribution in [2.75, 3.05) is 12.0 Å². The SMILES string of the molecule is COc1ccc(O)c([C@H]2C3=CC[C@@H]4C(=O)N(c5cccc(B(O)O)c5)C(=O)[C@@H]4[C@@H]3CC3=C2C(=O)C=C(C)C3=O)c1. The van der Waals surface area contributed by atoms with Gasteiger partial charge in [0.15, 0.2) is 11.6 Å². The lowest BCUT2D eigenvalue weighted by Gasteiger charge is -2.42. The van der Waals surface area contributed by atoms with Gasteiger partial charge in [-0.05, 0) is 67.6 Å². The smallest absolute Gasteiger partial charge is 0.488 e. The number of nitrogens with zero attached hydrogens (tertiary/aromatic N) is 1. The normalized spacial score (nSPS) is 25.8. The Kier molecular flexibility index (Phi) is 6.12. The molecule has 1 fully saturated rings. The number of ether oxygens (including phenoxy) is 1. The number of carbonyl (C=O) groups excluding carboxylic acids is 4. The second-order valence-corrected chi connectivity index (χ2v) is 10.6. The molecule has 40 heavy (non-hydrogen) atoms. The molecule has 1 aliphatic heterocycles. The molecule has 6 rings (SSSR count). The predicted molar refractivity (Wildman–Crippen MR) is 145 cm³/mol. The molecule has 4 atom stereocenters. The van der Waals surface area contributed by atoms with Gasteiger partial charge in [-0.1, -0.05) is 23.8 Å². The predicted octanol–water partition coefficient (Wildman–Crippen LogP) is 1.71. The van der Waals surface area contributed by atoms with Gasteiger partial charge in [0.2, 0.25) is 11.8 Å². The van der Waals surface area contributed by atoms with E-state index in [1.165, 1.54) is 37.5 Å². The molecule has 2 amide bonds. The lowest BCUT2D eigenvalue weighted by Crippen LogP contribution is -2.40. The third kappa shape index (κ3) is 3.78. The van der Waals surface area contributed by atoms with E-state index in [0.29, 0.717) is 28.0 Å². The Labute approximate surface area is 230 Å². The molecule has 1 saturated heterocycles. The fourth-order valence-electron chi connectivity index (χ4n) is 6.71. The van der Waals surface area contributed by atoms with Crippen molar-refractivity contribution in [3.63, 3.8) is 0 Å². The Morgan fingerprint density at radius 1 is 1.00 bits per heavy atom. The van der Waals surface area contributed by atoms with Gasteiger partial charge in [0.05, 0.1) is 24.6 Å². The Morgan fingerprint density at radius 2 is 1.77 bits per heavy atom. The molecule has 2 aromatic carbocycles. The average Bonchev–Trinajstić information content (AvgIpc) is 3.20. The number of carbonyl (C=O) groups is 4. The number of ketones is 2. The fraction of sp³-hybridized carbons (Fsp3) is 0.267. The van der Waals surface area contributed by atoms with E-state index in [1.54, 1.807) is 25.1 Å². The zero-order valence-corrected chi connectivity index (χ0v) is 21.8. The summed E-state index contributed by atoms with van der Waals surface area (Å²) in [5, 5.41) is 30.2. The summed E-state index contributed by atoms with van der Waals surface area (Å²) in [6.45, 7) is 1.58. The molecule has 0 radical (unpaired) electrons. The number of anilines is 1. The van der Waals surface area contributed by atoms with E-state index in [2.05, 4.69) is 0 Å². The number of rotatable bonds is 4. The van der Waals surface area contributed by atoms with Crippen LogP contribution in [0, 0.1) is 17.8 Å². The minimum Gasteiger partial charge on any atom is -0.508 e. The van der Waals surface area contributed by atoms with E-state index in [0.717, 1.165) is 4.90 Å². The molecule has 4 aliphatic rings. The van der Waals surface area contributed by atoms with Crippen LogP contribution in [-0.2, 0) is 19.2 Å². The maximum absolute atomic E-state index is 14.0. The van der Waals surface area contributed by atoms with E-state index in [4.69, 9.17) is 4.74 Å². The van der Waals surface area contributed by atoms with Crippen LogP contribution in [0.5, 0.6) is 11.5 Å². The maximum atomic E-state index is 14.0. The molecule has 3 aliphatic carbocycles. The van der Waals surface area contributed by atoms with Gasteiger partial charge in [-0.2, -0.15) is 0 Å². The second kappa shape index (κ2) is 9.43. The number of amides is 2. The number of aromatic hydroxyl groups is 1. The summed E-state index contributed by atoms with van der Waals surface area (Å²) in [6.07, 6.45) is 3.53. The van der Waals surface area contributed by atoms with E-state index < -0.39 is 42.6 Å². The van der Waals surface area contributed by atoms with Crippen LogP contribution in [-0.4, -0.2) is 52.8 Å². The zero-order valence-electron chi connectivity index (χ0n) is 21.8. The van der Waals surface area contributed by atoms with Crippen LogP contribution in [0.15, 0.2) is 76.9 Å². The lowest BCUT2D eigenvalue weighted by molar-refractivity contribution is -0.123. The first-order valence-electron chi connectivity index (χ1n) is 13.0. The van der Waals surface area contributed by atoms with Gasteiger partial charge in [-0.25, -0.2) is 0 Å². The third-order valence-electron chi connectivity index (χ3n) is 8.53. The van der Waals surface area contributed by atoms with Crippen molar-refractivity contribution in [1.82, 2.24) is 0 Å². The number of phenols is 1. The molecule has 0 bridgehead atoms. The van der Waals surface area contributed by atoms with Crippen LogP contribution < -0.4 is 15.1 Å². The van der Waals surface area contributed by atoms with Crippen LogP contribution >= 0.6 is 0 Å². The number of hydrogen-bond acceptors (Lipinski definition) is 8. The van der Waals surface area contributed by atoms with Gasteiger partial charge in [-0.15, -0.1) is 0 Å². The Morgan fingerprint density at radius 3 is 2.50 bits per heavy atom. The molecular weight excluding hydrogens is 513 g/mol. The second-order valence-electron chi connectivity index (χ2n) is 10.6.